The summed E-state index contributed by atoms with van der Waals surface area (Å²) >= 11 is 3.46. The van der Waals surface area contributed by atoms with E-state index < -0.39 is 0 Å². The fourth-order valence-corrected chi connectivity index (χ4v) is 2.07. The van der Waals surface area contributed by atoms with Crippen LogP contribution in [0.2, 0.25) is 0 Å². The third kappa shape index (κ3) is 8.99. The zero-order valence-corrected chi connectivity index (χ0v) is 12.8. The van der Waals surface area contributed by atoms with Crippen LogP contribution in [0.5, 0.6) is 0 Å². The first-order valence-corrected chi connectivity index (χ1v) is 7.65. The molecule has 0 aliphatic carbocycles. The van der Waals surface area contributed by atoms with E-state index >= 15 is 0 Å². The lowest BCUT2D eigenvalue weighted by Crippen LogP contribution is -2.00. The molecule has 1 aromatic carbocycles. The van der Waals surface area contributed by atoms with E-state index in [2.05, 4.69) is 41.4 Å². The highest BCUT2D eigenvalue weighted by Gasteiger charge is 1.99. The molecule has 0 heterocycles. The van der Waals surface area contributed by atoms with Gasteiger partial charge in [-0.3, -0.25) is 4.79 Å². The van der Waals surface area contributed by atoms with Crippen LogP contribution in [0.4, 0.5) is 0 Å². The van der Waals surface area contributed by atoms with E-state index in [4.69, 9.17) is 4.74 Å². The van der Waals surface area contributed by atoms with Gasteiger partial charge in [-0.15, -0.1) is 0 Å². The van der Waals surface area contributed by atoms with Crippen molar-refractivity contribution in [3.8, 4) is 0 Å². The number of hydrogen-bond acceptors (Lipinski definition) is 4. The fraction of sp³-hybridized carbons (Fsp3) is 0.562. The first-order chi connectivity index (χ1) is 9.83. The second-order valence-electron chi connectivity index (χ2n) is 4.83. The normalized spacial score (nSPS) is 10.4. The van der Waals surface area contributed by atoms with E-state index in [1.54, 1.807) is 0 Å². The van der Waals surface area contributed by atoms with Gasteiger partial charge in [0, 0.05) is 32.5 Å². The third-order valence-corrected chi connectivity index (χ3v) is 3.32. The van der Waals surface area contributed by atoms with E-state index in [0.29, 0.717) is 6.42 Å². The average molecular weight is 296 g/mol. The van der Waals surface area contributed by atoms with Crippen molar-refractivity contribution in [2.24, 2.45) is 0 Å². The van der Waals surface area contributed by atoms with Crippen molar-refractivity contribution in [2.45, 2.75) is 44.9 Å². The number of rotatable bonds is 11. The minimum atomic E-state index is -0.254. The van der Waals surface area contributed by atoms with Gasteiger partial charge < -0.3 is 8.92 Å². The van der Waals surface area contributed by atoms with Gasteiger partial charge in [0.25, 0.3) is 0 Å². The SMILES string of the molecule is O=C(CCCCCOCCCCc1ccccc1)OS. The van der Waals surface area contributed by atoms with Gasteiger partial charge in [-0.25, -0.2) is 0 Å². The molecule has 0 aliphatic rings. The first kappa shape index (κ1) is 17.1. The Kier molecular flexibility index (Phi) is 10.1. The molecule has 1 aromatic rings. The summed E-state index contributed by atoms with van der Waals surface area (Å²) in [5, 5.41) is 0. The topological polar surface area (TPSA) is 35.5 Å². The number of ether oxygens (including phenoxy) is 1. The van der Waals surface area contributed by atoms with Gasteiger partial charge >= 0.3 is 5.97 Å². The molecule has 0 unspecified atom stereocenters. The predicted octanol–water partition coefficient (Wildman–Crippen LogP) is 3.97. The van der Waals surface area contributed by atoms with Crippen LogP contribution < -0.4 is 0 Å². The maximum Gasteiger partial charge on any atom is 0.317 e. The van der Waals surface area contributed by atoms with Gasteiger partial charge in [-0.05, 0) is 37.7 Å². The van der Waals surface area contributed by atoms with Crippen molar-refractivity contribution in [3.05, 3.63) is 35.9 Å². The van der Waals surface area contributed by atoms with Crippen molar-refractivity contribution >= 4 is 18.9 Å². The molecule has 0 saturated heterocycles. The Bertz CT molecular complexity index is 354. The van der Waals surface area contributed by atoms with Crippen molar-refractivity contribution < 1.29 is 13.7 Å². The van der Waals surface area contributed by atoms with Crippen LogP contribution in [0.25, 0.3) is 0 Å². The Morgan fingerprint density at radius 1 is 0.950 bits per heavy atom. The zero-order valence-electron chi connectivity index (χ0n) is 11.9. The molecule has 0 fully saturated rings. The van der Waals surface area contributed by atoms with E-state index in [9.17, 15) is 4.79 Å². The van der Waals surface area contributed by atoms with Crippen molar-refractivity contribution in [1.82, 2.24) is 0 Å². The maximum absolute atomic E-state index is 10.8. The van der Waals surface area contributed by atoms with Gasteiger partial charge in [-0.2, -0.15) is 0 Å². The molecule has 0 aromatic heterocycles. The highest BCUT2D eigenvalue weighted by molar-refractivity contribution is 7.75. The minimum Gasteiger partial charge on any atom is -0.395 e. The van der Waals surface area contributed by atoms with Crippen molar-refractivity contribution in [1.29, 1.82) is 0 Å². The van der Waals surface area contributed by atoms with Crippen LogP contribution in [-0.4, -0.2) is 19.2 Å². The van der Waals surface area contributed by atoms with Crippen molar-refractivity contribution in [2.75, 3.05) is 13.2 Å². The maximum atomic E-state index is 10.8. The van der Waals surface area contributed by atoms with Crippen LogP contribution >= 0.6 is 12.9 Å². The van der Waals surface area contributed by atoms with Crippen LogP contribution in [0.3, 0.4) is 0 Å². The Morgan fingerprint density at radius 2 is 1.65 bits per heavy atom. The second-order valence-corrected chi connectivity index (χ2v) is 5.01. The van der Waals surface area contributed by atoms with Crippen molar-refractivity contribution in [3.63, 3.8) is 0 Å². The predicted molar refractivity (Wildman–Crippen MR) is 83.7 cm³/mol. The van der Waals surface area contributed by atoms with Gasteiger partial charge in [0.05, 0.1) is 0 Å². The smallest absolute Gasteiger partial charge is 0.317 e. The molecule has 0 radical (unpaired) electrons. The molecule has 112 valence electrons. The molecule has 0 spiro atoms. The molecule has 4 heteroatoms. The van der Waals surface area contributed by atoms with Crippen LogP contribution in [0.1, 0.15) is 44.1 Å². The zero-order chi connectivity index (χ0) is 14.5. The summed E-state index contributed by atoms with van der Waals surface area (Å²) in [5.74, 6) is -0.254. The number of carbonyl (C=O) groups excluding carboxylic acids is 1. The molecule has 0 bridgehead atoms. The molecule has 1 rings (SSSR count). The van der Waals surface area contributed by atoms with Gasteiger partial charge in [0.15, 0.2) is 0 Å². The quantitative estimate of drug-likeness (QED) is 0.381. The lowest BCUT2D eigenvalue weighted by molar-refractivity contribution is -0.133. The monoisotopic (exact) mass is 296 g/mol. The van der Waals surface area contributed by atoms with Gasteiger partial charge in [-0.1, -0.05) is 36.8 Å². The Balaban J connectivity index is 1.82. The number of hydrogen-bond donors (Lipinski definition) is 1. The van der Waals surface area contributed by atoms with E-state index in [0.717, 1.165) is 51.7 Å². The molecule has 0 amide bonds. The van der Waals surface area contributed by atoms with Gasteiger partial charge in [0.2, 0.25) is 0 Å². The summed E-state index contributed by atoms with van der Waals surface area (Å²) < 4.78 is 9.86. The van der Waals surface area contributed by atoms with Gasteiger partial charge in [0.1, 0.15) is 0 Å². The Labute approximate surface area is 127 Å². The first-order valence-electron chi connectivity index (χ1n) is 7.29. The minimum absolute atomic E-state index is 0.254. The third-order valence-electron chi connectivity index (χ3n) is 3.12. The standard InChI is InChI=1S/C16H24O3S/c17-16(19-20)12-5-2-7-13-18-14-8-6-11-15-9-3-1-4-10-15/h1,3-4,9-10,20H,2,5-8,11-14H2. The molecule has 20 heavy (non-hydrogen) atoms. The summed E-state index contributed by atoms with van der Waals surface area (Å²) in [5.41, 5.74) is 1.39. The fourth-order valence-electron chi connectivity index (χ4n) is 1.98. The molecule has 0 atom stereocenters. The lowest BCUT2D eigenvalue weighted by Gasteiger charge is -2.04. The van der Waals surface area contributed by atoms with Crippen LogP contribution in [0, 0.1) is 0 Å². The number of aryl methyl sites for hydroxylation is 1. The highest BCUT2D eigenvalue weighted by Crippen LogP contribution is 2.05. The van der Waals surface area contributed by atoms with E-state index in [1.165, 1.54) is 5.56 Å². The second kappa shape index (κ2) is 11.8. The number of carbonyl (C=O) groups is 1. The Hall–Kier alpha value is -1.000. The molecule has 0 saturated carbocycles. The number of thiol groups is 1. The average Bonchev–Trinajstić information content (AvgIpc) is 2.50. The summed E-state index contributed by atoms with van der Waals surface area (Å²) in [6.07, 6.45) is 6.66. The molecular formula is C16H24O3S. The summed E-state index contributed by atoms with van der Waals surface area (Å²) in [6, 6.07) is 10.5. The molecule has 3 nitrogen and oxygen atoms in total. The summed E-state index contributed by atoms with van der Waals surface area (Å²) in [4.78, 5) is 10.8. The molecule has 0 N–H and O–H groups in total. The van der Waals surface area contributed by atoms with E-state index in [1.807, 2.05) is 6.07 Å². The molecule has 0 aliphatic heterocycles. The largest absolute Gasteiger partial charge is 0.395 e. The number of benzene rings is 1. The summed E-state index contributed by atoms with van der Waals surface area (Å²) in [6.45, 7) is 1.60. The lowest BCUT2D eigenvalue weighted by atomic mass is 10.1. The highest BCUT2D eigenvalue weighted by atomic mass is 32.1. The van der Waals surface area contributed by atoms with E-state index in [-0.39, 0.29) is 5.97 Å². The molecular weight excluding hydrogens is 272 g/mol. The van der Waals surface area contributed by atoms with Crippen LogP contribution in [-0.2, 0) is 20.1 Å². The Morgan fingerprint density at radius 3 is 2.35 bits per heavy atom. The van der Waals surface area contributed by atoms with Crippen LogP contribution in [0.15, 0.2) is 30.3 Å². The summed E-state index contributed by atoms with van der Waals surface area (Å²) in [7, 11) is 0. The number of unbranched alkanes of at least 4 members (excludes halogenated alkanes) is 3.